The highest BCUT2D eigenvalue weighted by molar-refractivity contribution is 14.1. The molecule has 0 saturated heterocycles. The molecule has 0 spiro atoms. The second-order valence-corrected chi connectivity index (χ2v) is 3.59. The molecule has 1 aromatic rings. The van der Waals surface area contributed by atoms with Crippen LogP contribution in [0.4, 0.5) is 8.78 Å². The van der Waals surface area contributed by atoms with Crippen molar-refractivity contribution in [1.29, 1.82) is 0 Å². The summed E-state index contributed by atoms with van der Waals surface area (Å²) >= 11 is 1.72. The minimum Gasteiger partial charge on any atom is -0.326 e. The van der Waals surface area contributed by atoms with Gasteiger partial charge in [0.25, 0.3) is 6.43 Å². The third-order valence-electron chi connectivity index (χ3n) is 1.72. The molecule has 0 saturated carbocycles. The van der Waals surface area contributed by atoms with E-state index in [4.69, 9.17) is 5.73 Å². The molecular weight excluding hydrogens is 305 g/mol. The zero-order valence-electron chi connectivity index (χ0n) is 7.01. The second-order valence-electron chi connectivity index (χ2n) is 2.51. The Morgan fingerprint density at radius 1 is 1.64 bits per heavy atom. The van der Waals surface area contributed by atoms with E-state index in [1.807, 2.05) is 0 Å². The molecule has 0 aliphatic carbocycles. The average Bonchev–Trinajstić information content (AvgIpc) is 2.16. The third kappa shape index (κ3) is 2.06. The van der Waals surface area contributed by atoms with E-state index in [-0.39, 0.29) is 21.4 Å². The van der Waals surface area contributed by atoms with E-state index in [2.05, 4.69) is 4.98 Å². The van der Waals surface area contributed by atoms with Crippen molar-refractivity contribution in [3.63, 3.8) is 0 Å². The van der Waals surface area contributed by atoms with Crippen molar-refractivity contribution >= 4 is 28.9 Å². The number of aldehydes is 1. The molecule has 3 nitrogen and oxygen atoms in total. The van der Waals surface area contributed by atoms with Crippen molar-refractivity contribution in [2.24, 2.45) is 5.73 Å². The van der Waals surface area contributed by atoms with Crippen LogP contribution >= 0.6 is 22.6 Å². The molecular formula is C8H7F2IN2O. The lowest BCUT2D eigenvalue weighted by molar-refractivity contribution is 0.112. The fourth-order valence-electron chi connectivity index (χ4n) is 1.02. The average molecular weight is 312 g/mol. The minimum atomic E-state index is -2.65. The predicted octanol–water partition coefficient (Wildman–Crippen LogP) is 1.90. The molecule has 0 fully saturated rings. The van der Waals surface area contributed by atoms with Crippen molar-refractivity contribution in [1.82, 2.24) is 4.98 Å². The molecule has 0 radical (unpaired) electrons. The monoisotopic (exact) mass is 312 g/mol. The molecule has 2 N–H and O–H groups in total. The van der Waals surface area contributed by atoms with Crippen LogP contribution in [0.2, 0.25) is 0 Å². The van der Waals surface area contributed by atoms with Crippen LogP contribution in [-0.2, 0) is 6.54 Å². The maximum Gasteiger partial charge on any atom is 0.281 e. The first-order valence-electron chi connectivity index (χ1n) is 3.72. The van der Waals surface area contributed by atoms with Gasteiger partial charge in [-0.1, -0.05) is 0 Å². The second kappa shape index (κ2) is 4.74. The van der Waals surface area contributed by atoms with Crippen molar-refractivity contribution in [2.45, 2.75) is 13.0 Å². The number of nitrogens with zero attached hydrogens (tertiary/aromatic N) is 1. The molecule has 0 amide bonds. The Morgan fingerprint density at radius 3 is 2.71 bits per heavy atom. The quantitative estimate of drug-likeness (QED) is 0.685. The summed E-state index contributed by atoms with van der Waals surface area (Å²) in [5, 5.41) is 0. The van der Waals surface area contributed by atoms with E-state index in [1.165, 1.54) is 0 Å². The van der Waals surface area contributed by atoms with Crippen molar-refractivity contribution in [2.75, 3.05) is 0 Å². The van der Waals surface area contributed by atoms with E-state index in [0.29, 0.717) is 11.8 Å². The summed E-state index contributed by atoms with van der Waals surface area (Å²) in [7, 11) is 0. The summed E-state index contributed by atoms with van der Waals surface area (Å²) in [6, 6.07) is 0. The number of rotatable bonds is 3. The van der Waals surface area contributed by atoms with Gasteiger partial charge < -0.3 is 5.73 Å². The van der Waals surface area contributed by atoms with Gasteiger partial charge in [0, 0.05) is 21.9 Å². The lowest BCUT2D eigenvalue weighted by Gasteiger charge is -2.08. The number of carbonyl (C=O) groups excluding carboxylic acids is 1. The maximum atomic E-state index is 12.4. The molecule has 6 heteroatoms. The number of carbonyl (C=O) groups is 1. The Morgan fingerprint density at radius 2 is 2.29 bits per heavy atom. The summed E-state index contributed by atoms with van der Waals surface area (Å²) in [6.07, 6.45) is -0.959. The van der Waals surface area contributed by atoms with Gasteiger partial charge in [0.2, 0.25) is 0 Å². The molecule has 1 aromatic heterocycles. The van der Waals surface area contributed by atoms with E-state index in [0.717, 1.165) is 6.20 Å². The molecule has 1 rings (SSSR count). The third-order valence-corrected chi connectivity index (χ3v) is 2.92. The highest BCUT2D eigenvalue weighted by atomic mass is 127. The van der Waals surface area contributed by atoms with E-state index >= 15 is 0 Å². The fraction of sp³-hybridized carbons (Fsp3) is 0.250. The first kappa shape index (κ1) is 11.4. The highest BCUT2D eigenvalue weighted by Crippen LogP contribution is 2.26. The van der Waals surface area contributed by atoms with Crippen LogP contribution in [0.3, 0.4) is 0 Å². The first-order chi connectivity index (χ1) is 6.61. The Balaban J connectivity index is 3.34. The number of pyridine rings is 1. The molecule has 76 valence electrons. The molecule has 1 heterocycles. The van der Waals surface area contributed by atoms with Crippen LogP contribution in [0, 0.1) is 3.57 Å². The van der Waals surface area contributed by atoms with E-state index in [1.54, 1.807) is 22.6 Å². The Kier molecular flexibility index (Phi) is 3.87. The number of alkyl halides is 2. The lowest BCUT2D eigenvalue weighted by atomic mass is 10.1. The van der Waals surface area contributed by atoms with E-state index < -0.39 is 6.43 Å². The number of hydrogen-bond acceptors (Lipinski definition) is 3. The number of halogens is 3. The normalized spacial score (nSPS) is 10.6. The molecule has 14 heavy (non-hydrogen) atoms. The van der Waals surface area contributed by atoms with Gasteiger partial charge in [-0.15, -0.1) is 0 Å². The summed E-state index contributed by atoms with van der Waals surface area (Å²) in [5.41, 5.74) is 5.72. The highest BCUT2D eigenvalue weighted by Gasteiger charge is 2.17. The van der Waals surface area contributed by atoms with Gasteiger partial charge in [-0.25, -0.2) is 8.78 Å². The molecule has 0 atom stereocenters. The smallest absolute Gasteiger partial charge is 0.281 e. The van der Waals surface area contributed by atoms with E-state index in [9.17, 15) is 13.6 Å². The maximum absolute atomic E-state index is 12.4. The lowest BCUT2D eigenvalue weighted by Crippen LogP contribution is -2.08. The van der Waals surface area contributed by atoms with Crippen LogP contribution in [0.15, 0.2) is 6.20 Å². The molecule has 0 bridgehead atoms. The van der Waals surface area contributed by atoms with Gasteiger partial charge in [0.05, 0.1) is 0 Å². The zero-order valence-corrected chi connectivity index (χ0v) is 9.16. The standard InChI is InChI=1S/C8H7F2IN2O/c9-8(10)7-6(11)5(1-12)4(3-14)2-13-7/h2-3,8H,1,12H2. The topological polar surface area (TPSA) is 56.0 Å². The van der Waals surface area contributed by atoms with Crippen LogP contribution in [-0.4, -0.2) is 11.3 Å². The molecule has 0 aliphatic heterocycles. The Labute approximate surface area is 92.8 Å². The number of hydrogen-bond donors (Lipinski definition) is 1. The van der Waals surface area contributed by atoms with Crippen molar-refractivity contribution in [3.05, 3.63) is 26.6 Å². The Hall–Kier alpha value is -0.630. The SMILES string of the molecule is NCc1c(C=O)cnc(C(F)F)c1I. The van der Waals surface area contributed by atoms with Gasteiger partial charge in [0.15, 0.2) is 6.29 Å². The van der Waals surface area contributed by atoms with Crippen LogP contribution < -0.4 is 5.73 Å². The molecule has 0 aromatic carbocycles. The predicted molar refractivity (Wildman–Crippen MR) is 55.2 cm³/mol. The summed E-state index contributed by atoms with van der Waals surface area (Å²) in [5.74, 6) is 0. The molecule has 0 aliphatic rings. The van der Waals surface area contributed by atoms with Crippen LogP contribution in [0.1, 0.15) is 28.0 Å². The first-order valence-corrected chi connectivity index (χ1v) is 4.80. The zero-order chi connectivity index (χ0) is 10.7. The fourth-order valence-corrected chi connectivity index (χ4v) is 1.92. The van der Waals surface area contributed by atoms with Crippen LogP contribution in [0.25, 0.3) is 0 Å². The van der Waals surface area contributed by atoms with Crippen molar-refractivity contribution < 1.29 is 13.6 Å². The minimum absolute atomic E-state index is 0.0502. The van der Waals surface area contributed by atoms with Gasteiger partial charge in [-0.3, -0.25) is 9.78 Å². The summed E-state index contributed by atoms with van der Waals surface area (Å²) in [4.78, 5) is 14.0. The summed E-state index contributed by atoms with van der Waals surface area (Å²) in [6.45, 7) is 0.0502. The largest absolute Gasteiger partial charge is 0.326 e. The van der Waals surface area contributed by atoms with Gasteiger partial charge in [-0.05, 0) is 28.2 Å². The van der Waals surface area contributed by atoms with Gasteiger partial charge in [-0.2, -0.15) is 0 Å². The number of nitrogens with two attached hydrogens (primary N) is 1. The van der Waals surface area contributed by atoms with Crippen LogP contribution in [0.5, 0.6) is 0 Å². The summed E-state index contributed by atoms with van der Waals surface area (Å²) < 4.78 is 25.0. The Bertz CT molecular complexity index is 357. The van der Waals surface area contributed by atoms with Gasteiger partial charge >= 0.3 is 0 Å². The number of aromatic nitrogens is 1. The van der Waals surface area contributed by atoms with Gasteiger partial charge in [0.1, 0.15) is 5.69 Å². The molecule has 0 unspecified atom stereocenters. The van der Waals surface area contributed by atoms with Crippen molar-refractivity contribution in [3.8, 4) is 0 Å².